The summed E-state index contributed by atoms with van der Waals surface area (Å²) in [7, 11) is 0. The highest BCUT2D eigenvalue weighted by Crippen LogP contribution is 2.24. The van der Waals surface area contributed by atoms with Gasteiger partial charge in [-0.3, -0.25) is 9.59 Å². The van der Waals surface area contributed by atoms with Crippen molar-refractivity contribution in [3.63, 3.8) is 0 Å². The number of amides is 2. The van der Waals surface area contributed by atoms with Crippen LogP contribution in [-0.4, -0.2) is 36.3 Å². The van der Waals surface area contributed by atoms with Crippen LogP contribution in [0.2, 0.25) is 0 Å². The van der Waals surface area contributed by atoms with Crippen molar-refractivity contribution < 1.29 is 9.59 Å². The molecule has 0 unspecified atom stereocenters. The molecule has 1 aliphatic heterocycles. The molecular formula is C25H32N2O2. The Morgan fingerprint density at radius 3 is 2.34 bits per heavy atom. The highest BCUT2D eigenvalue weighted by atomic mass is 16.2. The molecule has 4 nitrogen and oxygen atoms in total. The van der Waals surface area contributed by atoms with E-state index in [1.807, 2.05) is 36.9 Å². The fourth-order valence-electron chi connectivity index (χ4n) is 4.26. The Morgan fingerprint density at radius 2 is 1.72 bits per heavy atom. The normalized spacial score (nSPS) is 14.7. The molecule has 4 heteroatoms. The van der Waals surface area contributed by atoms with Crippen LogP contribution in [0.1, 0.15) is 42.9 Å². The molecule has 0 aromatic heterocycles. The van der Waals surface area contributed by atoms with E-state index in [0.717, 1.165) is 43.6 Å². The molecule has 0 aliphatic carbocycles. The second-order valence-corrected chi connectivity index (χ2v) is 8.22. The molecule has 0 N–H and O–H groups in total. The molecule has 0 atom stereocenters. The Balaban J connectivity index is 1.51. The van der Waals surface area contributed by atoms with Gasteiger partial charge in [-0.25, -0.2) is 0 Å². The van der Waals surface area contributed by atoms with Crippen molar-refractivity contribution in [2.75, 3.05) is 24.5 Å². The smallest absolute Gasteiger partial charge is 0.224 e. The van der Waals surface area contributed by atoms with Crippen LogP contribution < -0.4 is 4.90 Å². The van der Waals surface area contributed by atoms with E-state index in [2.05, 4.69) is 30.3 Å². The summed E-state index contributed by atoms with van der Waals surface area (Å²) in [6, 6.07) is 16.7. The molecule has 0 saturated carbocycles. The number of hydrogen-bond donors (Lipinski definition) is 0. The fourth-order valence-corrected chi connectivity index (χ4v) is 4.26. The van der Waals surface area contributed by atoms with Crippen LogP contribution in [0.15, 0.2) is 48.5 Å². The monoisotopic (exact) mass is 392 g/mol. The second kappa shape index (κ2) is 9.73. The third kappa shape index (κ3) is 5.69. The van der Waals surface area contributed by atoms with Gasteiger partial charge < -0.3 is 9.80 Å². The first-order valence-corrected chi connectivity index (χ1v) is 10.6. The maximum absolute atomic E-state index is 12.7. The number of likely N-dealkylation sites (tertiary alicyclic amines) is 1. The van der Waals surface area contributed by atoms with Gasteiger partial charge in [0, 0.05) is 38.7 Å². The van der Waals surface area contributed by atoms with Gasteiger partial charge >= 0.3 is 0 Å². The largest absolute Gasteiger partial charge is 0.343 e. The molecule has 154 valence electrons. The number of anilines is 1. The molecule has 0 bridgehead atoms. The zero-order valence-electron chi connectivity index (χ0n) is 17.9. The molecule has 2 amide bonds. The van der Waals surface area contributed by atoms with Gasteiger partial charge in [-0.2, -0.15) is 0 Å². The SMILES string of the molecule is CC(=O)N(CCC(=O)N1CCC(Cc2ccccc2)CC1)c1ccc(C)cc1C. The van der Waals surface area contributed by atoms with Crippen LogP contribution in [-0.2, 0) is 16.0 Å². The number of hydrogen-bond acceptors (Lipinski definition) is 2. The minimum Gasteiger partial charge on any atom is -0.343 e. The Hall–Kier alpha value is -2.62. The quantitative estimate of drug-likeness (QED) is 0.725. The number of piperidine rings is 1. The van der Waals surface area contributed by atoms with Gasteiger partial charge in [-0.15, -0.1) is 0 Å². The van der Waals surface area contributed by atoms with Crippen LogP contribution in [0.4, 0.5) is 5.69 Å². The van der Waals surface area contributed by atoms with Crippen molar-refractivity contribution in [3.8, 4) is 0 Å². The Morgan fingerprint density at radius 1 is 1.03 bits per heavy atom. The van der Waals surface area contributed by atoms with E-state index in [9.17, 15) is 9.59 Å². The average Bonchev–Trinajstić information content (AvgIpc) is 2.70. The maximum Gasteiger partial charge on any atom is 0.224 e. The summed E-state index contributed by atoms with van der Waals surface area (Å²) < 4.78 is 0. The molecule has 3 rings (SSSR count). The lowest BCUT2D eigenvalue weighted by atomic mass is 9.90. The zero-order valence-corrected chi connectivity index (χ0v) is 17.9. The number of rotatable bonds is 6. The summed E-state index contributed by atoms with van der Waals surface area (Å²) in [6.07, 6.45) is 3.56. The van der Waals surface area contributed by atoms with Crippen LogP contribution in [0.3, 0.4) is 0 Å². The number of nitrogens with zero attached hydrogens (tertiary/aromatic N) is 2. The van der Waals surface area contributed by atoms with Gasteiger partial charge in [0.15, 0.2) is 0 Å². The molecule has 1 fully saturated rings. The molecule has 2 aromatic rings. The van der Waals surface area contributed by atoms with Crippen molar-refractivity contribution in [3.05, 3.63) is 65.2 Å². The molecule has 1 saturated heterocycles. The Labute approximate surface area is 174 Å². The van der Waals surface area contributed by atoms with Gasteiger partial charge in [0.05, 0.1) is 0 Å². The predicted molar refractivity (Wildman–Crippen MR) is 118 cm³/mol. The second-order valence-electron chi connectivity index (χ2n) is 8.22. The maximum atomic E-state index is 12.7. The molecule has 0 spiro atoms. The lowest BCUT2D eigenvalue weighted by Crippen LogP contribution is -2.41. The van der Waals surface area contributed by atoms with Gasteiger partial charge in [0.1, 0.15) is 0 Å². The fraction of sp³-hybridized carbons (Fsp3) is 0.440. The van der Waals surface area contributed by atoms with E-state index in [1.54, 1.807) is 11.8 Å². The Bertz CT molecular complexity index is 839. The van der Waals surface area contributed by atoms with Crippen molar-refractivity contribution in [2.45, 2.75) is 46.5 Å². The number of aryl methyl sites for hydroxylation is 2. The van der Waals surface area contributed by atoms with Gasteiger partial charge in [0.25, 0.3) is 0 Å². The molecular weight excluding hydrogens is 360 g/mol. The summed E-state index contributed by atoms with van der Waals surface area (Å²) in [5.74, 6) is 0.774. The zero-order chi connectivity index (χ0) is 20.8. The van der Waals surface area contributed by atoms with Crippen molar-refractivity contribution in [2.24, 2.45) is 5.92 Å². The first-order valence-electron chi connectivity index (χ1n) is 10.6. The van der Waals surface area contributed by atoms with Crippen molar-refractivity contribution in [1.82, 2.24) is 4.90 Å². The van der Waals surface area contributed by atoms with E-state index in [4.69, 9.17) is 0 Å². The standard InChI is InChI=1S/C25H32N2O2/c1-19-9-10-24(20(2)17-19)27(21(3)28)16-13-25(29)26-14-11-23(12-15-26)18-22-7-5-4-6-8-22/h4-10,17,23H,11-16,18H2,1-3H3. The lowest BCUT2D eigenvalue weighted by molar-refractivity contribution is -0.132. The third-order valence-corrected chi connectivity index (χ3v) is 5.91. The minimum absolute atomic E-state index is 0.0219. The molecule has 0 radical (unpaired) electrons. The van der Waals surface area contributed by atoms with Crippen LogP contribution in [0.25, 0.3) is 0 Å². The van der Waals surface area contributed by atoms with Gasteiger partial charge in [-0.05, 0) is 56.2 Å². The topological polar surface area (TPSA) is 40.6 Å². The van der Waals surface area contributed by atoms with Crippen LogP contribution >= 0.6 is 0 Å². The van der Waals surface area contributed by atoms with E-state index >= 15 is 0 Å². The van der Waals surface area contributed by atoms with Crippen molar-refractivity contribution >= 4 is 17.5 Å². The summed E-state index contributed by atoms with van der Waals surface area (Å²) in [5.41, 5.74) is 4.51. The number of carbonyl (C=O) groups excluding carboxylic acids is 2. The predicted octanol–water partition coefficient (Wildman–Crippen LogP) is 4.53. The summed E-state index contributed by atoms with van der Waals surface area (Å²) in [6.45, 7) is 7.69. The first-order chi connectivity index (χ1) is 13.9. The molecule has 29 heavy (non-hydrogen) atoms. The Kier molecular flexibility index (Phi) is 7.08. The van der Waals surface area contributed by atoms with Gasteiger partial charge in [-0.1, -0.05) is 48.0 Å². The molecule has 1 aliphatic rings. The summed E-state index contributed by atoms with van der Waals surface area (Å²) in [4.78, 5) is 28.6. The van der Waals surface area contributed by atoms with Gasteiger partial charge in [0.2, 0.25) is 11.8 Å². The van der Waals surface area contributed by atoms with E-state index in [-0.39, 0.29) is 11.8 Å². The first kappa shape index (κ1) is 21.1. The minimum atomic E-state index is -0.0219. The summed E-state index contributed by atoms with van der Waals surface area (Å²) >= 11 is 0. The summed E-state index contributed by atoms with van der Waals surface area (Å²) in [5, 5.41) is 0. The number of benzene rings is 2. The lowest BCUT2D eigenvalue weighted by Gasteiger charge is -2.33. The van der Waals surface area contributed by atoms with Crippen LogP contribution in [0, 0.1) is 19.8 Å². The third-order valence-electron chi connectivity index (χ3n) is 5.91. The molecule has 2 aromatic carbocycles. The van der Waals surface area contributed by atoms with E-state index < -0.39 is 0 Å². The molecule has 1 heterocycles. The van der Waals surface area contributed by atoms with Crippen molar-refractivity contribution in [1.29, 1.82) is 0 Å². The van der Waals surface area contributed by atoms with Crippen LogP contribution in [0.5, 0.6) is 0 Å². The number of carbonyl (C=O) groups is 2. The average molecular weight is 393 g/mol. The highest BCUT2D eigenvalue weighted by Gasteiger charge is 2.24. The highest BCUT2D eigenvalue weighted by molar-refractivity contribution is 5.93. The van der Waals surface area contributed by atoms with E-state index in [0.29, 0.717) is 18.9 Å². The van der Waals surface area contributed by atoms with E-state index in [1.165, 1.54) is 11.1 Å².